The van der Waals surface area contributed by atoms with Crippen LogP contribution in [-0.4, -0.2) is 25.3 Å². The zero-order valence-corrected chi connectivity index (χ0v) is 9.73. The Morgan fingerprint density at radius 3 is 2.94 bits per heavy atom. The minimum atomic E-state index is -0.693. The Labute approximate surface area is 103 Å². The Hall–Kier alpha value is -1.85. The fourth-order valence-electron chi connectivity index (χ4n) is 1.68. The average molecular weight is 256 g/mol. The van der Waals surface area contributed by atoms with Gasteiger partial charge in [0.2, 0.25) is 0 Å². The van der Waals surface area contributed by atoms with Gasteiger partial charge in [-0.1, -0.05) is 0 Å². The molecule has 2 N–H and O–H groups in total. The highest BCUT2D eigenvalue weighted by Crippen LogP contribution is 2.18. The van der Waals surface area contributed by atoms with Crippen molar-refractivity contribution in [3.05, 3.63) is 29.8 Å². The summed E-state index contributed by atoms with van der Waals surface area (Å²) in [6.07, 6.45) is 1.45. The van der Waals surface area contributed by atoms with Crippen LogP contribution in [0.25, 0.3) is 0 Å². The summed E-state index contributed by atoms with van der Waals surface area (Å²) in [6, 6.07) is 3.50. The average Bonchev–Trinajstić information content (AvgIpc) is 2.73. The highest BCUT2D eigenvalue weighted by atomic mass is 19.1. The van der Waals surface area contributed by atoms with Crippen LogP contribution in [0.5, 0.6) is 5.75 Å². The summed E-state index contributed by atoms with van der Waals surface area (Å²) in [6.45, 7) is 0.825. The Kier molecular flexibility index (Phi) is 3.96. The van der Waals surface area contributed by atoms with Gasteiger partial charge in [-0.05, 0) is 25.0 Å². The first kappa shape index (κ1) is 12.6. The van der Waals surface area contributed by atoms with Gasteiger partial charge in [-0.15, -0.1) is 0 Å². The minimum absolute atomic E-state index is 0.0478. The molecule has 1 atom stereocenters. The van der Waals surface area contributed by atoms with Gasteiger partial charge in [-0.2, -0.15) is 0 Å². The van der Waals surface area contributed by atoms with Crippen LogP contribution in [0.3, 0.4) is 0 Å². The van der Waals surface area contributed by atoms with E-state index in [0.29, 0.717) is 19.6 Å². The fourth-order valence-corrected chi connectivity index (χ4v) is 1.68. The maximum absolute atomic E-state index is 13.2. The van der Waals surface area contributed by atoms with Crippen molar-refractivity contribution in [3.8, 4) is 5.75 Å². The summed E-state index contributed by atoms with van der Waals surface area (Å²) in [5.41, 5.74) is 5.37. The zero-order chi connectivity index (χ0) is 13.0. The van der Waals surface area contributed by atoms with Crippen molar-refractivity contribution < 1.29 is 18.3 Å². The molecule has 0 aliphatic carbocycles. The molecule has 0 spiro atoms. The third-order valence-corrected chi connectivity index (χ3v) is 2.57. The molecule has 0 saturated heterocycles. The fraction of sp³-hybridized carbons (Fsp3) is 0.417. The van der Waals surface area contributed by atoms with Gasteiger partial charge in [0.15, 0.2) is 11.6 Å². The van der Waals surface area contributed by atoms with Gasteiger partial charge in [0, 0.05) is 6.07 Å². The van der Waals surface area contributed by atoms with E-state index in [1.165, 1.54) is 6.07 Å². The van der Waals surface area contributed by atoms with Crippen molar-refractivity contribution in [1.29, 1.82) is 0 Å². The van der Waals surface area contributed by atoms with E-state index in [2.05, 4.69) is 4.99 Å². The molecule has 1 aromatic carbocycles. The van der Waals surface area contributed by atoms with Crippen molar-refractivity contribution in [2.45, 2.75) is 18.9 Å². The van der Waals surface area contributed by atoms with E-state index in [1.807, 2.05) is 0 Å². The molecule has 0 saturated carbocycles. The molecule has 6 heteroatoms. The maximum Gasteiger partial charge on any atom is 0.282 e. The lowest BCUT2D eigenvalue weighted by Crippen LogP contribution is -2.10. The summed E-state index contributed by atoms with van der Waals surface area (Å²) in [4.78, 5) is 4.06. The molecule has 0 fully saturated rings. The first-order valence-corrected chi connectivity index (χ1v) is 5.69. The SMILES string of the molecule is NC1=N[C@@H](CCCOc2ccc(F)cc2F)CO1. The molecule has 0 aromatic heterocycles. The van der Waals surface area contributed by atoms with Crippen molar-refractivity contribution in [2.75, 3.05) is 13.2 Å². The van der Waals surface area contributed by atoms with Gasteiger partial charge in [0.1, 0.15) is 12.4 Å². The van der Waals surface area contributed by atoms with Crippen LogP contribution >= 0.6 is 0 Å². The van der Waals surface area contributed by atoms with E-state index in [0.717, 1.165) is 18.6 Å². The number of ether oxygens (including phenoxy) is 2. The summed E-state index contributed by atoms with van der Waals surface area (Å²) in [5, 5.41) is 0. The number of nitrogens with two attached hydrogens (primary N) is 1. The number of halogens is 2. The number of nitrogens with zero attached hydrogens (tertiary/aromatic N) is 1. The van der Waals surface area contributed by atoms with Crippen LogP contribution in [0.4, 0.5) is 8.78 Å². The number of hydrogen-bond acceptors (Lipinski definition) is 4. The predicted octanol–water partition coefficient (Wildman–Crippen LogP) is 1.84. The molecule has 1 heterocycles. The van der Waals surface area contributed by atoms with Crippen molar-refractivity contribution in [1.82, 2.24) is 0 Å². The third-order valence-electron chi connectivity index (χ3n) is 2.57. The third kappa shape index (κ3) is 3.32. The molecule has 1 aliphatic heterocycles. The number of benzene rings is 1. The summed E-state index contributed by atoms with van der Waals surface area (Å²) < 4.78 is 36.1. The van der Waals surface area contributed by atoms with Gasteiger partial charge < -0.3 is 15.2 Å². The molecular weight excluding hydrogens is 242 g/mol. The molecule has 0 radical (unpaired) electrons. The quantitative estimate of drug-likeness (QED) is 0.818. The molecule has 4 nitrogen and oxygen atoms in total. The monoisotopic (exact) mass is 256 g/mol. The largest absolute Gasteiger partial charge is 0.491 e. The van der Waals surface area contributed by atoms with Crippen molar-refractivity contribution in [3.63, 3.8) is 0 Å². The predicted molar refractivity (Wildman–Crippen MR) is 62.4 cm³/mol. The maximum atomic E-state index is 13.2. The Balaban J connectivity index is 1.72. The normalized spacial score (nSPS) is 18.3. The standard InChI is InChI=1S/C12H14F2N2O2/c13-8-3-4-11(10(14)6-8)17-5-1-2-9-7-18-12(15)16-9/h3-4,6,9H,1-2,5,7H2,(H2,15,16)/t9-/m0/s1. The highest BCUT2D eigenvalue weighted by Gasteiger charge is 2.16. The van der Waals surface area contributed by atoms with Crippen LogP contribution in [0.2, 0.25) is 0 Å². The first-order chi connectivity index (χ1) is 8.65. The number of rotatable bonds is 5. The van der Waals surface area contributed by atoms with Gasteiger partial charge in [0.05, 0.1) is 12.6 Å². The van der Waals surface area contributed by atoms with Crippen LogP contribution < -0.4 is 10.5 Å². The molecule has 0 amide bonds. The van der Waals surface area contributed by atoms with E-state index in [1.54, 1.807) is 0 Å². The summed E-state index contributed by atoms with van der Waals surface area (Å²) in [7, 11) is 0. The highest BCUT2D eigenvalue weighted by molar-refractivity contribution is 5.72. The molecule has 0 bridgehead atoms. The molecule has 0 unspecified atom stereocenters. The second kappa shape index (κ2) is 5.66. The summed E-state index contributed by atoms with van der Waals surface area (Å²) in [5.74, 6) is -1.25. The van der Waals surface area contributed by atoms with Crippen molar-refractivity contribution >= 4 is 6.02 Å². The van der Waals surface area contributed by atoms with E-state index >= 15 is 0 Å². The Morgan fingerprint density at radius 1 is 1.44 bits per heavy atom. The van der Waals surface area contributed by atoms with Crippen LogP contribution in [0.1, 0.15) is 12.8 Å². The van der Waals surface area contributed by atoms with E-state index in [4.69, 9.17) is 15.2 Å². The molecule has 2 rings (SSSR count). The smallest absolute Gasteiger partial charge is 0.282 e. The van der Waals surface area contributed by atoms with Gasteiger partial charge in [-0.3, -0.25) is 0 Å². The lowest BCUT2D eigenvalue weighted by Gasteiger charge is -2.08. The topological polar surface area (TPSA) is 56.8 Å². The second-order valence-electron chi connectivity index (χ2n) is 4.00. The van der Waals surface area contributed by atoms with Crippen LogP contribution in [0, 0.1) is 11.6 Å². The molecule has 1 aliphatic rings. The van der Waals surface area contributed by atoms with E-state index < -0.39 is 11.6 Å². The van der Waals surface area contributed by atoms with Crippen LogP contribution in [0.15, 0.2) is 23.2 Å². The number of aliphatic imine (C=N–C) groups is 1. The summed E-state index contributed by atoms with van der Waals surface area (Å²) >= 11 is 0. The molecular formula is C12H14F2N2O2. The first-order valence-electron chi connectivity index (χ1n) is 5.69. The van der Waals surface area contributed by atoms with Gasteiger partial charge in [0.25, 0.3) is 6.02 Å². The zero-order valence-electron chi connectivity index (χ0n) is 9.73. The molecule has 1 aromatic rings. The minimum Gasteiger partial charge on any atom is -0.491 e. The van der Waals surface area contributed by atoms with Crippen LogP contribution in [-0.2, 0) is 4.74 Å². The lowest BCUT2D eigenvalue weighted by atomic mass is 10.2. The van der Waals surface area contributed by atoms with Gasteiger partial charge in [-0.25, -0.2) is 13.8 Å². The van der Waals surface area contributed by atoms with E-state index in [-0.39, 0.29) is 17.8 Å². The molecule has 98 valence electrons. The number of amidine groups is 1. The Bertz CT molecular complexity index is 452. The lowest BCUT2D eigenvalue weighted by molar-refractivity contribution is 0.270. The number of hydrogen-bond donors (Lipinski definition) is 1. The molecule has 18 heavy (non-hydrogen) atoms. The second-order valence-corrected chi connectivity index (χ2v) is 4.00. The van der Waals surface area contributed by atoms with Gasteiger partial charge >= 0.3 is 0 Å². The van der Waals surface area contributed by atoms with E-state index in [9.17, 15) is 8.78 Å². The van der Waals surface area contributed by atoms with Crippen molar-refractivity contribution in [2.24, 2.45) is 10.7 Å². The Morgan fingerprint density at radius 2 is 2.28 bits per heavy atom.